The molecule has 1 aromatic carbocycles. The largest absolute Gasteiger partial charge is 0.352 e. The van der Waals surface area contributed by atoms with E-state index in [0.29, 0.717) is 19.0 Å². The van der Waals surface area contributed by atoms with Gasteiger partial charge in [0, 0.05) is 19.8 Å². The normalized spacial score (nSPS) is 16.0. The Labute approximate surface area is 147 Å². The SMILES string of the molecule is CCCCNC(=O)c1cnc2n(c1=O)CC(c1ccc(C)cc1)N2C. The topological polar surface area (TPSA) is 67.2 Å². The fourth-order valence-electron chi connectivity index (χ4n) is 3.11. The molecule has 2 aromatic rings. The molecule has 1 aliphatic rings. The Balaban J connectivity index is 1.86. The van der Waals surface area contributed by atoms with Crippen molar-refractivity contribution in [2.45, 2.75) is 39.3 Å². The number of unbranched alkanes of at least 4 members (excludes halogenated alkanes) is 1. The molecule has 0 radical (unpaired) electrons. The molecule has 25 heavy (non-hydrogen) atoms. The van der Waals surface area contributed by atoms with Crippen LogP contribution in [0.2, 0.25) is 0 Å². The first kappa shape index (κ1) is 17.2. The van der Waals surface area contributed by atoms with E-state index in [2.05, 4.69) is 41.5 Å². The first-order valence-electron chi connectivity index (χ1n) is 8.70. The molecule has 1 unspecified atom stereocenters. The molecule has 0 bridgehead atoms. The van der Waals surface area contributed by atoms with Gasteiger partial charge in [0.05, 0.1) is 12.6 Å². The number of benzene rings is 1. The third-order valence-electron chi connectivity index (χ3n) is 4.69. The van der Waals surface area contributed by atoms with Gasteiger partial charge < -0.3 is 10.2 Å². The number of aromatic nitrogens is 2. The van der Waals surface area contributed by atoms with E-state index in [9.17, 15) is 9.59 Å². The maximum absolute atomic E-state index is 12.7. The predicted molar refractivity (Wildman–Crippen MR) is 98.1 cm³/mol. The zero-order chi connectivity index (χ0) is 18.0. The number of amides is 1. The van der Waals surface area contributed by atoms with E-state index in [4.69, 9.17) is 0 Å². The van der Waals surface area contributed by atoms with E-state index in [1.54, 1.807) is 4.57 Å². The lowest BCUT2D eigenvalue weighted by Gasteiger charge is -2.20. The van der Waals surface area contributed by atoms with Crippen molar-refractivity contribution in [1.82, 2.24) is 14.9 Å². The molecule has 2 heterocycles. The Bertz CT molecular complexity index is 826. The minimum absolute atomic E-state index is 0.0409. The highest BCUT2D eigenvalue weighted by molar-refractivity contribution is 5.93. The van der Waals surface area contributed by atoms with Gasteiger partial charge >= 0.3 is 0 Å². The number of carbonyl (C=O) groups is 1. The Morgan fingerprint density at radius 3 is 2.72 bits per heavy atom. The monoisotopic (exact) mass is 340 g/mol. The van der Waals surface area contributed by atoms with Crippen LogP contribution >= 0.6 is 0 Å². The molecule has 1 amide bonds. The van der Waals surface area contributed by atoms with E-state index < -0.39 is 0 Å². The zero-order valence-electron chi connectivity index (χ0n) is 15.0. The summed E-state index contributed by atoms with van der Waals surface area (Å²) in [5.74, 6) is 0.253. The number of fused-ring (bicyclic) bond motifs is 1. The van der Waals surface area contributed by atoms with Gasteiger partial charge in [-0.1, -0.05) is 43.2 Å². The first-order valence-corrected chi connectivity index (χ1v) is 8.70. The number of nitrogens with zero attached hydrogens (tertiary/aromatic N) is 3. The van der Waals surface area contributed by atoms with Crippen molar-refractivity contribution in [1.29, 1.82) is 0 Å². The standard InChI is InChI=1S/C19H24N4O2/c1-4-5-10-20-17(24)15-11-21-19-22(3)16(12-23(19)18(15)25)14-8-6-13(2)7-9-14/h6-9,11,16H,4-5,10,12H2,1-3H3,(H,20,24). The lowest BCUT2D eigenvalue weighted by atomic mass is 10.1. The van der Waals surface area contributed by atoms with Gasteiger partial charge in [0.1, 0.15) is 5.56 Å². The maximum Gasteiger partial charge on any atom is 0.267 e. The molecular formula is C19H24N4O2. The lowest BCUT2D eigenvalue weighted by molar-refractivity contribution is 0.0950. The fourth-order valence-corrected chi connectivity index (χ4v) is 3.11. The second-order valence-corrected chi connectivity index (χ2v) is 6.53. The Morgan fingerprint density at radius 1 is 1.32 bits per heavy atom. The van der Waals surface area contributed by atoms with E-state index in [1.165, 1.54) is 11.8 Å². The van der Waals surface area contributed by atoms with Crippen LogP contribution in [0.1, 0.15) is 47.3 Å². The van der Waals surface area contributed by atoms with Gasteiger partial charge in [-0.25, -0.2) is 4.98 Å². The molecule has 3 rings (SSSR count). The van der Waals surface area contributed by atoms with E-state index in [-0.39, 0.29) is 23.1 Å². The molecule has 0 aliphatic carbocycles. The number of anilines is 1. The van der Waals surface area contributed by atoms with Crippen LogP contribution in [0.5, 0.6) is 0 Å². The number of hydrogen-bond donors (Lipinski definition) is 1. The Hall–Kier alpha value is -2.63. The second-order valence-electron chi connectivity index (χ2n) is 6.53. The predicted octanol–water partition coefficient (Wildman–Crippen LogP) is 2.27. The third-order valence-corrected chi connectivity index (χ3v) is 4.69. The molecule has 1 aromatic heterocycles. The summed E-state index contributed by atoms with van der Waals surface area (Å²) in [7, 11) is 1.93. The van der Waals surface area contributed by atoms with Gasteiger partial charge in [0.15, 0.2) is 0 Å². The second kappa shape index (κ2) is 7.09. The molecule has 0 saturated carbocycles. The molecule has 0 spiro atoms. The van der Waals surface area contributed by atoms with Crippen molar-refractivity contribution in [2.24, 2.45) is 0 Å². The number of hydrogen-bond acceptors (Lipinski definition) is 4. The van der Waals surface area contributed by atoms with Gasteiger partial charge in [-0.15, -0.1) is 0 Å². The van der Waals surface area contributed by atoms with Crippen LogP contribution in [0.3, 0.4) is 0 Å². The van der Waals surface area contributed by atoms with Crippen LogP contribution in [0.25, 0.3) is 0 Å². The third kappa shape index (κ3) is 3.29. The Kier molecular flexibility index (Phi) is 4.88. The van der Waals surface area contributed by atoms with E-state index >= 15 is 0 Å². The lowest BCUT2D eigenvalue weighted by Crippen LogP contribution is -2.33. The molecular weight excluding hydrogens is 316 g/mol. The molecule has 1 N–H and O–H groups in total. The summed E-state index contributed by atoms with van der Waals surface area (Å²) >= 11 is 0. The molecule has 132 valence electrons. The zero-order valence-corrected chi connectivity index (χ0v) is 15.0. The number of aryl methyl sites for hydroxylation is 1. The van der Waals surface area contributed by atoms with Crippen molar-refractivity contribution in [3.05, 3.63) is 57.5 Å². The average Bonchev–Trinajstić information content (AvgIpc) is 2.94. The highest BCUT2D eigenvalue weighted by Crippen LogP contribution is 2.31. The number of carbonyl (C=O) groups excluding carboxylic acids is 1. The van der Waals surface area contributed by atoms with Crippen LogP contribution in [0.15, 0.2) is 35.3 Å². The number of rotatable bonds is 5. The van der Waals surface area contributed by atoms with Crippen molar-refractivity contribution in [3.63, 3.8) is 0 Å². The summed E-state index contributed by atoms with van der Waals surface area (Å²) in [6, 6.07) is 8.32. The Morgan fingerprint density at radius 2 is 2.04 bits per heavy atom. The minimum atomic E-state index is -0.345. The van der Waals surface area contributed by atoms with Gasteiger partial charge in [-0.3, -0.25) is 14.2 Å². The molecule has 1 aliphatic heterocycles. The number of nitrogens with one attached hydrogen (secondary N) is 1. The summed E-state index contributed by atoms with van der Waals surface area (Å²) < 4.78 is 1.60. The van der Waals surface area contributed by atoms with Crippen molar-refractivity contribution < 1.29 is 4.79 Å². The van der Waals surface area contributed by atoms with E-state index in [1.807, 2.05) is 18.9 Å². The highest BCUT2D eigenvalue weighted by Gasteiger charge is 2.31. The van der Waals surface area contributed by atoms with Gasteiger partial charge in [0.2, 0.25) is 5.95 Å². The summed E-state index contributed by atoms with van der Waals surface area (Å²) in [4.78, 5) is 31.3. The number of likely N-dealkylation sites (N-methyl/N-ethyl adjacent to an activating group) is 1. The fraction of sp³-hybridized carbons (Fsp3) is 0.421. The average molecular weight is 340 g/mol. The highest BCUT2D eigenvalue weighted by atomic mass is 16.2. The molecule has 0 saturated heterocycles. The van der Waals surface area contributed by atoms with Crippen LogP contribution < -0.4 is 15.8 Å². The van der Waals surface area contributed by atoms with Gasteiger partial charge in [0.25, 0.3) is 11.5 Å². The van der Waals surface area contributed by atoms with Crippen LogP contribution in [-0.2, 0) is 6.54 Å². The van der Waals surface area contributed by atoms with Gasteiger partial charge in [-0.05, 0) is 18.9 Å². The van der Waals surface area contributed by atoms with E-state index in [0.717, 1.165) is 18.4 Å². The van der Waals surface area contributed by atoms with Crippen molar-refractivity contribution in [3.8, 4) is 0 Å². The van der Waals surface area contributed by atoms with Crippen LogP contribution in [0, 0.1) is 6.92 Å². The molecule has 6 nitrogen and oxygen atoms in total. The molecule has 1 atom stereocenters. The summed E-state index contributed by atoms with van der Waals surface area (Å²) in [6.07, 6.45) is 3.28. The molecule has 6 heteroatoms. The quantitative estimate of drug-likeness (QED) is 0.848. The summed E-state index contributed by atoms with van der Waals surface area (Å²) in [5.41, 5.74) is 2.16. The summed E-state index contributed by atoms with van der Waals surface area (Å²) in [6.45, 7) is 5.17. The van der Waals surface area contributed by atoms with Crippen molar-refractivity contribution >= 4 is 11.9 Å². The van der Waals surface area contributed by atoms with Crippen molar-refractivity contribution in [2.75, 3.05) is 18.5 Å². The minimum Gasteiger partial charge on any atom is -0.352 e. The first-order chi connectivity index (χ1) is 12.0. The molecule has 0 fully saturated rings. The maximum atomic E-state index is 12.7. The van der Waals surface area contributed by atoms with Gasteiger partial charge in [-0.2, -0.15) is 0 Å². The summed E-state index contributed by atoms with van der Waals surface area (Å²) in [5, 5.41) is 2.79. The van der Waals surface area contributed by atoms with Crippen LogP contribution in [-0.4, -0.2) is 29.1 Å². The van der Waals surface area contributed by atoms with Crippen LogP contribution in [0.4, 0.5) is 5.95 Å². The smallest absolute Gasteiger partial charge is 0.267 e.